The Morgan fingerprint density at radius 3 is 3.12 bits per heavy atom. The van der Waals surface area contributed by atoms with Crippen LogP contribution in [0.5, 0.6) is 5.88 Å². The second-order valence-corrected chi connectivity index (χ2v) is 6.28. The van der Waals surface area contributed by atoms with E-state index >= 15 is 0 Å². The molecule has 3 heterocycles. The van der Waals surface area contributed by atoms with Crippen molar-refractivity contribution in [1.82, 2.24) is 20.1 Å². The van der Waals surface area contributed by atoms with Crippen LogP contribution in [0.1, 0.15) is 41.4 Å². The van der Waals surface area contributed by atoms with E-state index < -0.39 is 0 Å². The normalized spacial score (nSPS) is 17.8. The van der Waals surface area contributed by atoms with E-state index in [1.807, 2.05) is 18.0 Å². The van der Waals surface area contributed by atoms with E-state index in [9.17, 15) is 4.79 Å². The summed E-state index contributed by atoms with van der Waals surface area (Å²) in [5.41, 5.74) is 2.91. The maximum Gasteiger partial charge on any atom is 0.259 e. The summed E-state index contributed by atoms with van der Waals surface area (Å²) in [6, 6.07) is 3.58. The monoisotopic (exact) mass is 328 g/mol. The molecular formula is C18H24N4O2. The van der Waals surface area contributed by atoms with Gasteiger partial charge in [0.1, 0.15) is 5.56 Å². The first kappa shape index (κ1) is 16.5. The van der Waals surface area contributed by atoms with Crippen molar-refractivity contribution < 1.29 is 9.53 Å². The van der Waals surface area contributed by atoms with E-state index in [2.05, 4.69) is 22.1 Å². The number of aromatic nitrogens is 3. The van der Waals surface area contributed by atoms with Gasteiger partial charge in [-0.3, -0.25) is 9.89 Å². The molecule has 6 nitrogen and oxygen atoms in total. The average molecular weight is 328 g/mol. The highest BCUT2D eigenvalue weighted by molar-refractivity contribution is 5.96. The fourth-order valence-corrected chi connectivity index (χ4v) is 3.26. The summed E-state index contributed by atoms with van der Waals surface area (Å²) < 4.78 is 5.50. The molecule has 1 aliphatic rings. The first-order valence-corrected chi connectivity index (χ1v) is 8.55. The van der Waals surface area contributed by atoms with Gasteiger partial charge in [0.15, 0.2) is 0 Å². The largest absolute Gasteiger partial charge is 0.477 e. The van der Waals surface area contributed by atoms with Gasteiger partial charge in [-0.1, -0.05) is 0 Å². The maximum atomic E-state index is 12.9. The summed E-state index contributed by atoms with van der Waals surface area (Å²) in [5, 5.41) is 7.16. The van der Waals surface area contributed by atoms with Crippen molar-refractivity contribution in [3.63, 3.8) is 0 Å². The van der Waals surface area contributed by atoms with Gasteiger partial charge in [0.2, 0.25) is 5.88 Å². The van der Waals surface area contributed by atoms with Crippen molar-refractivity contribution in [3.05, 3.63) is 41.3 Å². The number of hydrogen-bond donors (Lipinski definition) is 1. The number of aromatic amines is 1. The van der Waals surface area contributed by atoms with Crippen LogP contribution in [0, 0.1) is 12.8 Å². The number of piperidine rings is 1. The number of pyridine rings is 1. The SMILES string of the molecule is CCOc1ncccc1C(=O)N1CCCC(Cc2[nH]ncc2C)C1. The van der Waals surface area contributed by atoms with E-state index in [0.717, 1.165) is 32.4 Å². The molecule has 1 saturated heterocycles. The van der Waals surface area contributed by atoms with Gasteiger partial charge >= 0.3 is 0 Å². The van der Waals surface area contributed by atoms with Crippen molar-refractivity contribution in [3.8, 4) is 5.88 Å². The Hall–Kier alpha value is -2.37. The zero-order valence-corrected chi connectivity index (χ0v) is 14.3. The van der Waals surface area contributed by atoms with E-state index in [0.29, 0.717) is 24.0 Å². The fraction of sp³-hybridized carbons (Fsp3) is 0.500. The van der Waals surface area contributed by atoms with Crippen molar-refractivity contribution in [2.45, 2.75) is 33.1 Å². The molecule has 1 unspecified atom stereocenters. The molecular weight excluding hydrogens is 304 g/mol. The lowest BCUT2D eigenvalue weighted by Gasteiger charge is -2.33. The molecule has 0 radical (unpaired) electrons. The molecule has 0 aliphatic carbocycles. The van der Waals surface area contributed by atoms with Crippen molar-refractivity contribution >= 4 is 5.91 Å². The van der Waals surface area contributed by atoms with Crippen LogP contribution in [0.4, 0.5) is 0 Å². The topological polar surface area (TPSA) is 71.1 Å². The number of amides is 1. The lowest BCUT2D eigenvalue weighted by Crippen LogP contribution is -2.40. The number of likely N-dealkylation sites (tertiary alicyclic amines) is 1. The molecule has 3 rings (SSSR count). The second-order valence-electron chi connectivity index (χ2n) is 6.28. The Labute approximate surface area is 142 Å². The Bertz CT molecular complexity index is 698. The predicted molar refractivity (Wildman–Crippen MR) is 91.1 cm³/mol. The van der Waals surface area contributed by atoms with Gasteiger partial charge in [-0.25, -0.2) is 4.98 Å². The molecule has 2 aromatic heterocycles. The third-order valence-electron chi connectivity index (χ3n) is 4.52. The fourth-order valence-electron chi connectivity index (χ4n) is 3.26. The summed E-state index contributed by atoms with van der Waals surface area (Å²) in [6.07, 6.45) is 6.59. The van der Waals surface area contributed by atoms with Crippen LogP contribution in [0.25, 0.3) is 0 Å². The highest BCUT2D eigenvalue weighted by atomic mass is 16.5. The van der Waals surface area contributed by atoms with Gasteiger partial charge in [0, 0.05) is 25.0 Å². The number of rotatable bonds is 5. The third kappa shape index (κ3) is 3.58. The number of nitrogens with one attached hydrogen (secondary N) is 1. The average Bonchev–Trinajstić information content (AvgIpc) is 3.00. The van der Waals surface area contributed by atoms with E-state index in [1.54, 1.807) is 18.3 Å². The van der Waals surface area contributed by atoms with Crippen LogP contribution in [-0.4, -0.2) is 45.7 Å². The van der Waals surface area contributed by atoms with Crippen LogP contribution < -0.4 is 4.74 Å². The van der Waals surface area contributed by atoms with Crippen LogP contribution in [0.3, 0.4) is 0 Å². The molecule has 24 heavy (non-hydrogen) atoms. The quantitative estimate of drug-likeness (QED) is 0.916. The number of nitrogens with zero attached hydrogens (tertiary/aromatic N) is 3. The van der Waals surface area contributed by atoms with Gasteiger partial charge in [0.05, 0.1) is 12.8 Å². The van der Waals surface area contributed by atoms with Gasteiger partial charge < -0.3 is 9.64 Å². The molecule has 1 atom stereocenters. The number of carbonyl (C=O) groups is 1. The Morgan fingerprint density at radius 2 is 2.38 bits per heavy atom. The number of ether oxygens (including phenoxy) is 1. The third-order valence-corrected chi connectivity index (χ3v) is 4.52. The molecule has 0 spiro atoms. The predicted octanol–water partition coefficient (Wildman–Crippen LogP) is 2.61. The molecule has 1 N–H and O–H groups in total. The minimum absolute atomic E-state index is 0.0117. The van der Waals surface area contributed by atoms with Gasteiger partial charge in [0.25, 0.3) is 5.91 Å². The Morgan fingerprint density at radius 1 is 1.50 bits per heavy atom. The van der Waals surface area contributed by atoms with Crippen molar-refractivity contribution in [2.75, 3.05) is 19.7 Å². The van der Waals surface area contributed by atoms with E-state index in [-0.39, 0.29) is 5.91 Å². The van der Waals surface area contributed by atoms with Crippen LogP contribution in [0.15, 0.2) is 24.5 Å². The Balaban J connectivity index is 1.70. The summed E-state index contributed by atoms with van der Waals surface area (Å²) >= 11 is 0. The van der Waals surface area contributed by atoms with Gasteiger partial charge in [-0.2, -0.15) is 5.10 Å². The van der Waals surface area contributed by atoms with Crippen molar-refractivity contribution in [1.29, 1.82) is 0 Å². The van der Waals surface area contributed by atoms with Crippen LogP contribution in [-0.2, 0) is 6.42 Å². The molecule has 1 amide bonds. The molecule has 2 aromatic rings. The van der Waals surface area contributed by atoms with Crippen molar-refractivity contribution in [2.24, 2.45) is 5.92 Å². The summed E-state index contributed by atoms with van der Waals surface area (Å²) in [7, 11) is 0. The summed E-state index contributed by atoms with van der Waals surface area (Å²) in [6.45, 7) is 6.01. The van der Waals surface area contributed by atoms with Crippen LogP contribution in [0.2, 0.25) is 0 Å². The van der Waals surface area contributed by atoms with Gasteiger partial charge in [-0.05, 0) is 56.7 Å². The molecule has 0 saturated carbocycles. The van der Waals surface area contributed by atoms with Crippen LogP contribution >= 0.6 is 0 Å². The standard InChI is InChI=1S/C18H24N4O2/c1-3-24-17-15(7-4-8-19-17)18(23)22-9-5-6-14(12-22)10-16-13(2)11-20-21-16/h4,7-8,11,14H,3,5-6,9-10,12H2,1-2H3,(H,20,21). The zero-order valence-electron chi connectivity index (χ0n) is 14.3. The Kier molecular flexibility index (Phi) is 5.13. The zero-order chi connectivity index (χ0) is 16.9. The minimum atomic E-state index is 0.0117. The summed E-state index contributed by atoms with van der Waals surface area (Å²) in [4.78, 5) is 19.0. The second kappa shape index (κ2) is 7.47. The molecule has 6 heteroatoms. The smallest absolute Gasteiger partial charge is 0.259 e. The first-order valence-electron chi connectivity index (χ1n) is 8.55. The maximum absolute atomic E-state index is 12.9. The molecule has 128 valence electrons. The lowest BCUT2D eigenvalue weighted by molar-refractivity contribution is 0.0667. The minimum Gasteiger partial charge on any atom is -0.477 e. The summed E-state index contributed by atoms with van der Waals surface area (Å²) in [5.74, 6) is 0.892. The lowest BCUT2D eigenvalue weighted by atomic mass is 9.92. The van der Waals surface area contributed by atoms with Gasteiger partial charge in [-0.15, -0.1) is 0 Å². The van der Waals surface area contributed by atoms with E-state index in [1.165, 1.54) is 11.3 Å². The number of carbonyl (C=O) groups excluding carboxylic acids is 1. The molecule has 0 aromatic carbocycles. The number of H-pyrrole nitrogens is 1. The molecule has 1 aliphatic heterocycles. The number of aryl methyl sites for hydroxylation is 1. The molecule has 1 fully saturated rings. The van der Waals surface area contributed by atoms with E-state index in [4.69, 9.17) is 4.74 Å². The highest BCUT2D eigenvalue weighted by Gasteiger charge is 2.27. The highest BCUT2D eigenvalue weighted by Crippen LogP contribution is 2.24. The number of hydrogen-bond acceptors (Lipinski definition) is 4. The molecule has 0 bridgehead atoms. The first-order chi connectivity index (χ1) is 11.7.